The molecule has 0 atom stereocenters. The highest BCUT2D eigenvalue weighted by atomic mass is 16.5. The van der Waals surface area contributed by atoms with Crippen LogP contribution in [0.4, 0.5) is 5.82 Å². The highest BCUT2D eigenvalue weighted by molar-refractivity contribution is 5.49. The van der Waals surface area contributed by atoms with Crippen LogP contribution in [0.3, 0.4) is 0 Å². The SMILES string of the molecule is Cc1cc(NCc2cccc3c2OCCCO3)nc(C)n1. The predicted molar refractivity (Wildman–Crippen MR) is 80.9 cm³/mol. The van der Waals surface area contributed by atoms with Gasteiger partial charge in [-0.2, -0.15) is 0 Å². The fourth-order valence-corrected chi connectivity index (χ4v) is 2.39. The van der Waals surface area contributed by atoms with Gasteiger partial charge < -0.3 is 14.8 Å². The van der Waals surface area contributed by atoms with Gasteiger partial charge in [0, 0.05) is 30.3 Å². The smallest absolute Gasteiger partial charge is 0.166 e. The Balaban J connectivity index is 1.79. The lowest BCUT2D eigenvalue weighted by Gasteiger charge is -2.13. The van der Waals surface area contributed by atoms with Crippen molar-refractivity contribution in [2.24, 2.45) is 0 Å². The molecular formula is C16H19N3O2. The van der Waals surface area contributed by atoms with Crippen LogP contribution >= 0.6 is 0 Å². The molecule has 0 bridgehead atoms. The number of fused-ring (bicyclic) bond motifs is 1. The molecule has 0 spiro atoms. The summed E-state index contributed by atoms with van der Waals surface area (Å²) in [5, 5.41) is 3.33. The van der Waals surface area contributed by atoms with E-state index < -0.39 is 0 Å². The molecule has 1 aromatic heterocycles. The van der Waals surface area contributed by atoms with Gasteiger partial charge in [0.05, 0.1) is 13.2 Å². The number of hydrogen-bond donors (Lipinski definition) is 1. The van der Waals surface area contributed by atoms with Crippen molar-refractivity contribution in [2.45, 2.75) is 26.8 Å². The molecule has 2 aromatic rings. The minimum atomic E-state index is 0.641. The first-order valence-corrected chi connectivity index (χ1v) is 7.16. The summed E-state index contributed by atoms with van der Waals surface area (Å²) in [5.41, 5.74) is 2.03. The molecular weight excluding hydrogens is 266 g/mol. The van der Waals surface area contributed by atoms with Crippen molar-refractivity contribution < 1.29 is 9.47 Å². The van der Waals surface area contributed by atoms with Crippen LogP contribution in [-0.4, -0.2) is 23.2 Å². The number of hydrogen-bond acceptors (Lipinski definition) is 5. The third-order valence-corrected chi connectivity index (χ3v) is 3.28. The summed E-state index contributed by atoms with van der Waals surface area (Å²) in [6.45, 7) is 5.89. The minimum Gasteiger partial charge on any atom is -0.490 e. The van der Waals surface area contributed by atoms with Crippen molar-refractivity contribution in [3.8, 4) is 11.5 Å². The maximum absolute atomic E-state index is 5.82. The molecule has 1 aliphatic heterocycles. The second kappa shape index (κ2) is 5.99. The van der Waals surface area contributed by atoms with E-state index in [-0.39, 0.29) is 0 Å². The molecule has 21 heavy (non-hydrogen) atoms. The van der Waals surface area contributed by atoms with E-state index in [1.807, 2.05) is 38.1 Å². The summed E-state index contributed by atoms with van der Waals surface area (Å²) in [4.78, 5) is 8.66. The zero-order valence-corrected chi connectivity index (χ0v) is 12.3. The molecule has 0 radical (unpaired) electrons. The number of nitrogens with zero attached hydrogens (tertiary/aromatic N) is 2. The van der Waals surface area contributed by atoms with Crippen molar-refractivity contribution in [3.63, 3.8) is 0 Å². The summed E-state index contributed by atoms with van der Waals surface area (Å²) >= 11 is 0. The van der Waals surface area contributed by atoms with Crippen LogP contribution in [0, 0.1) is 13.8 Å². The Morgan fingerprint density at radius 1 is 1.14 bits per heavy atom. The molecule has 5 nitrogen and oxygen atoms in total. The van der Waals surface area contributed by atoms with Gasteiger partial charge in [0.2, 0.25) is 0 Å². The number of aromatic nitrogens is 2. The molecule has 0 fully saturated rings. The standard InChI is InChI=1S/C16H19N3O2/c1-11-9-15(19-12(2)18-11)17-10-13-5-3-6-14-16(13)21-8-4-7-20-14/h3,5-6,9H,4,7-8,10H2,1-2H3,(H,17,18,19). The lowest BCUT2D eigenvalue weighted by Crippen LogP contribution is -2.06. The molecule has 1 aliphatic rings. The van der Waals surface area contributed by atoms with E-state index in [4.69, 9.17) is 9.47 Å². The van der Waals surface area contributed by atoms with E-state index in [1.54, 1.807) is 0 Å². The van der Waals surface area contributed by atoms with Crippen LogP contribution in [0.15, 0.2) is 24.3 Å². The first-order chi connectivity index (χ1) is 10.2. The van der Waals surface area contributed by atoms with Gasteiger partial charge >= 0.3 is 0 Å². The van der Waals surface area contributed by atoms with Crippen LogP contribution in [0.5, 0.6) is 11.5 Å². The molecule has 0 aliphatic carbocycles. The van der Waals surface area contributed by atoms with Crippen molar-refractivity contribution >= 4 is 5.82 Å². The largest absolute Gasteiger partial charge is 0.490 e. The third kappa shape index (κ3) is 3.24. The van der Waals surface area contributed by atoms with Crippen LogP contribution in [0.1, 0.15) is 23.5 Å². The minimum absolute atomic E-state index is 0.641. The van der Waals surface area contributed by atoms with Crippen molar-refractivity contribution in [3.05, 3.63) is 41.3 Å². The Labute approximate surface area is 124 Å². The number of anilines is 1. The fraction of sp³-hybridized carbons (Fsp3) is 0.375. The number of para-hydroxylation sites is 1. The molecule has 2 heterocycles. The van der Waals surface area contributed by atoms with Gasteiger partial charge in [0.15, 0.2) is 11.5 Å². The molecule has 3 rings (SSSR count). The van der Waals surface area contributed by atoms with Crippen molar-refractivity contribution in [1.82, 2.24) is 9.97 Å². The Bertz CT molecular complexity index is 623. The first kappa shape index (κ1) is 13.7. The van der Waals surface area contributed by atoms with Crippen LogP contribution < -0.4 is 14.8 Å². The van der Waals surface area contributed by atoms with E-state index in [0.717, 1.165) is 40.8 Å². The van der Waals surface area contributed by atoms with E-state index in [0.29, 0.717) is 19.8 Å². The van der Waals surface area contributed by atoms with Crippen LogP contribution in [-0.2, 0) is 6.54 Å². The van der Waals surface area contributed by atoms with Crippen molar-refractivity contribution in [2.75, 3.05) is 18.5 Å². The fourth-order valence-electron chi connectivity index (χ4n) is 2.39. The Morgan fingerprint density at radius 3 is 2.86 bits per heavy atom. The topological polar surface area (TPSA) is 56.3 Å². The number of rotatable bonds is 3. The molecule has 5 heteroatoms. The molecule has 0 saturated carbocycles. The average molecular weight is 285 g/mol. The Hall–Kier alpha value is -2.30. The van der Waals surface area contributed by atoms with Crippen LogP contribution in [0.25, 0.3) is 0 Å². The molecule has 1 N–H and O–H groups in total. The molecule has 0 unspecified atom stereocenters. The molecule has 0 amide bonds. The summed E-state index contributed by atoms with van der Waals surface area (Å²) < 4.78 is 11.5. The van der Waals surface area contributed by atoms with Crippen LogP contribution in [0.2, 0.25) is 0 Å². The second-order valence-corrected chi connectivity index (χ2v) is 5.09. The second-order valence-electron chi connectivity index (χ2n) is 5.09. The average Bonchev–Trinajstić information content (AvgIpc) is 2.69. The van der Waals surface area contributed by atoms with Gasteiger partial charge in [0.25, 0.3) is 0 Å². The van der Waals surface area contributed by atoms with E-state index >= 15 is 0 Å². The highest BCUT2D eigenvalue weighted by Gasteiger charge is 2.14. The Morgan fingerprint density at radius 2 is 2.00 bits per heavy atom. The van der Waals surface area contributed by atoms with Gasteiger partial charge in [-0.05, 0) is 19.9 Å². The van der Waals surface area contributed by atoms with E-state index in [9.17, 15) is 0 Å². The molecule has 1 aromatic carbocycles. The highest BCUT2D eigenvalue weighted by Crippen LogP contribution is 2.33. The van der Waals surface area contributed by atoms with Crippen molar-refractivity contribution in [1.29, 1.82) is 0 Å². The van der Waals surface area contributed by atoms with Gasteiger partial charge in [-0.25, -0.2) is 9.97 Å². The zero-order chi connectivity index (χ0) is 14.7. The van der Waals surface area contributed by atoms with Gasteiger partial charge in [-0.1, -0.05) is 12.1 Å². The number of nitrogens with one attached hydrogen (secondary N) is 1. The number of ether oxygens (including phenoxy) is 2. The monoisotopic (exact) mass is 285 g/mol. The quantitative estimate of drug-likeness (QED) is 0.939. The normalized spacial score (nSPS) is 13.6. The third-order valence-electron chi connectivity index (χ3n) is 3.28. The molecule has 0 saturated heterocycles. The maximum Gasteiger partial charge on any atom is 0.166 e. The summed E-state index contributed by atoms with van der Waals surface area (Å²) in [6.07, 6.45) is 0.909. The van der Waals surface area contributed by atoms with E-state index in [2.05, 4.69) is 15.3 Å². The first-order valence-electron chi connectivity index (χ1n) is 7.16. The number of aryl methyl sites for hydroxylation is 2. The zero-order valence-electron chi connectivity index (χ0n) is 12.3. The Kier molecular flexibility index (Phi) is 3.90. The predicted octanol–water partition coefficient (Wildman–Crippen LogP) is 2.87. The lowest BCUT2D eigenvalue weighted by molar-refractivity contribution is 0.296. The summed E-state index contributed by atoms with van der Waals surface area (Å²) in [5.74, 6) is 3.25. The lowest BCUT2D eigenvalue weighted by atomic mass is 10.2. The molecule has 110 valence electrons. The van der Waals surface area contributed by atoms with Gasteiger partial charge in [-0.3, -0.25) is 0 Å². The maximum atomic E-state index is 5.82. The van der Waals surface area contributed by atoms with Gasteiger partial charge in [0.1, 0.15) is 11.6 Å². The summed E-state index contributed by atoms with van der Waals surface area (Å²) in [6, 6.07) is 7.91. The summed E-state index contributed by atoms with van der Waals surface area (Å²) in [7, 11) is 0. The van der Waals surface area contributed by atoms with E-state index in [1.165, 1.54) is 0 Å². The van der Waals surface area contributed by atoms with Gasteiger partial charge in [-0.15, -0.1) is 0 Å². The number of benzene rings is 1.